The lowest BCUT2D eigenvalue weighted by atomic mass is 9.97. The largest absolute Gasteiger partial charge is 0.481 e. The quantitative estimate of drug-likeness (QED) is 0.512. The maximum atomic E-state index is 10.6. The summed E-state index contributed by atoms with van der Waals surface area (Å²) in [6.07, 6.45) is 3.54. The third kappa shape index (κ3) is 6.23. The second-order valence-corrected chi connectivity index (χ2v) is 5.17. The molecule has 2 atom stereocenters. The summed E-state index contributed by atoms with van der Waals surface area (Å²) in [6.45, 7) is 2.17. The van der Waals surface area contributed by atoms with Gasteiger partial charge in [-0.3, -0.25) is 14.4 Å². The molecule has 2 unspecified atom stereocenters. The van der Waals surface area contributed by atoms with E-state index >= 15 is 0 Å². The van der Waals surface area contributed by atoms with Crippen LogP contribution < -0.4 is 0 Å². The minimum absolute atomic E-state index is 0.0956. The zero-order valence-electron chi connectivity index (χ0n) is 11.4. The van der Waals surface area contributed by atoms with Crippen molar-refractivity contribution in [1.82, 2.24) is 0 Å². The van der Waals surface area contributed by atoms with Crippen molar-refractivity contribution in [3.05, 3.63) is 0 Å². The highest BCUT2D eigenvalue weighted by Gasteiger charge is 2.45. The smallest absolute Gasteiger partial charge is 0.307 e. The maximum absolute atomic E-state index is 10.6. The van der Waals surface area contributed by atoms with Crippen molar-refractivity contribution in [3.63, 3.8) is 0 Å². The Morgan fingerprint density at radius 3 is 1.60 bits per heavy atom. The van der Waals surface area contributed by atoms with Crippen LogP contribution in [0.4, 0.5) is 0 Å². The molecular formula is C13H21ClO6. The first-order chi connectivity index (χ1) is 9.34. The second-order valence-electron chi connectivity index (χ2n) is 4.79. The van der Waals surface area contributed by atoms with Crippen molar-refractivity contribution in [1.29, 1.82) is 0 Å². The topological polar surface area (TPSA) is 112 Å². The number of hydrogen-bond donors (Lipinski definition) is 3. The summed E-state index contributed by atoms with van der Waals surface area (Å²) >= 11 is 5.38. The standard InChI is InChI=1S/C8H10O6.C5H11Cl/c9-6(10)3-1-4(7(11)12)5(2-3)8(13)14;1-2-3-4-5-6/h3-5H,1-2H2,(H,9,10)(H,11,12)(H,13,14);2-5H2,1H3. The lowest BCUT2D eigenvalue weighted by Gasteiger charge is -2.08. The summed E-state index contributed by atoms with van der Waals surface area (Å²) in [5.41, 5.74) is 0. The van der Waals surface area contributed by atoms with E-state index in [0.717, 1.165) is 5.88 Å². The highest BCUT2D eigenvalue weighted by Crippen LogP contribution is 2.36. The molecule has 0 radical (unpaired) electrons. The van der Waals surface area contributed by atoms with E-state index in [1.807, 2.05) is 0 Å². The summed E-state index contributed by atoms with van der Waals surface area (Å²) in [6, 6.07) is 0. The first-order valence-corrected chi connectivity index (χ1v) is 7.12. The number of halogens is 1. The third-order valence-corrected chi connectivity index (χ3v) is 3.55. The summed E-state index contributed by atoms with van der Waals surface area (Å²) in [4.78, 5) is 31.8. The van der Waals surface area contributed by atoms with Gasteiger partial charge in [0.1, 0.15) is 0 Å². The van der Waals surface area contributed by atoms with Crippen LogP contribution in [-0.4, -0.2) is 39.1 Å². The minimum atomic E-state index is -1.24. The van der Waals surface area contributed by atoms with Gasteiger partial charge >= 0.3 is 17.9 Å². The van der Waals surface area contributed by atoms with Crippen molar-refractivity contribution >= 4 is 29.5 Å². The monoisotopic (exact) mass is 308 g/mol. The van der Waals surface area contributed by atoms with Gasteiger partial charge in [0, 0.05) is 5.88 Å². The van der Waals surface area contributed by atoms with E-state index in [4.69, 9.17) is 26.9 Å². The Balaban J connectivity index is 0.000000511. The molecule has 20 heavy (non-hydrogen) atoms. The minimum Gasteiger partial charge on any atom is -0.481 e. The first kappa shape index (κ1) is 18.7. The van der Waals surface area contributed by atoms with Gasteiger partial charge in [-0.1, -0.05) is 19.8 Å². The van der Waals surface area contributed by atoms with Crippen molar-refractivity contribution in [2.45, 2.75) is 39.0 Å². The van der Waals surface area contributed by atoms with Gasteiger partial charge in [-0.05, 0) is 19.3 Å². The molecule has 1 saturated carbocycles. The predicted molar refractivity (Wildman–Crippen MR) is 72.9 cm³/mol. The van der Waals surface area contributed by atoms with Crippen molar-refractivity contribution < 1.29 is 29.7 Å². The van der Waals surface area contributed by atoms with E-state index in [0.29, 0.717) is 0 Å². The number of alkyl halides is 1. The van der Waals surface area contributed by atoms with Crippen LogP contribution in [-0.2, 0) is 14.4 Å². The number of carbonyl (C=O) groups is 3. The number of unbranched alkanes of at least 4 members (excludes halogenated alkanes) is 2. The fraction of sp³-hybridized carbons (Fsp3) is 0.769. The van der Waals surface area contributed by atoms with Crippen LogP contribution in [0.3, 0.4) is 0 Å². The number of hydrogen-bond acceptors (Lipinski definition) is 3. The molecule has 0 saturated heterocycles. The molecule has 0 bridgehead atoms. The number of carboxylic acid groups (broad SMARTS) is 3. The van der Waals surface area contributed by atoms with Gasteiger partial charge in [0.05, 0.1) is 17.8 Å². The Kier molecular flexibility index (Phi) is 8.96. The highest BCUT2D eigenvalue weighted by molar-refractivity contribution is 6.17. The lowest BCUT2D eigenvalue weighted by Crippen LogP contribution is -2.24. The average Bonchev–Trinajstić information content (AvgIpc) is 2.82. The molecule has 0 amide bonds. The average molecular weight is 309 g/mol. The fourth-order valence-electron chi connectivity index (χ4n) is 2.13. The molecule has 0 aromatic carbocycles. The van der Waals surface area contributed by atoms with E-state index < -0.39 is 35.7 Å². The molecule has 7 heteroatoms. The van der Waals surface area contributed by atoms with Gasteiger partial charge in [0.15, 0.2) is 0 Å². The number of rotatable bonds is 6. The molecule has 3 N–H and O–H groups in total. The third-order valence-electron chi connectivity index (χ3n) is 3.28. The zero-order valence-corrected chi connectivity index (χ0v) is 12.2. The summed E-state index contributed by atoms with van der Waals surface area (Å²) in [7, 11) is 0. The van der Waals surface area contributed by atoms with Crippen LogP contribution in [0.2, 0.25) is 0 Å². The van der Waals surface area contributed by atoms with Crippen LogP contribution in [0.15, 0.2) is 0 Å². The molecule has 1 rings (SSSR count). The maximum Gasteiger partial charge on any atom is 0.307 e. The summed E-state index contributed by atoms with van der Waals surface area (Å²) < 4.78 is 0. The molecular weight excluding hydrogens is 288 g/mol. The van der Waals surface area contributed by atoms with E-state index in [1.54, 1.807) is 0 Å². The predicted octanol–water partition coefficient (Wildman–Crippen LogP) is 2.30. The van der Waals surface area contributed by atoms with E-state index in [2.05, 4.69) is 6.92 Å². The second kappa shape index (κ2) is 9.58. The SMILES string of the molecule is CCCCCCl.O=C(O)C1CC(C(=O)O)C(C(=O)O)C1. The summed E-state index contributed by atoms with van der Waals surface area (Å²) in [5.74, 6) is -5.77. The molecule has 116 valence electrons. The van der Waals surface area contributed by atoms with Gasteiger partial charge in [0.25, 0.3) is 0 Å². The fourth-order valence-corrected chi connectivity index (χ4v) is 2.32. The van der Waals surface area contributed by atoms with Gasteiger partial charge in [-0.2, -0.15) is 0 Å². The molecule has 0 heterocycles. The van der Waals surface area contributed by atoms with E-state index in [9.17, 15) is 14.4 Å². The Labute approximate surface area is 122 Å². The van der Waals surface area contributed by atoms with Gasteiger partial charge in [-0.15, -0.1) is 11.6 Å². The Hall–Kier alpha value is -1.30. The molecule has 0 aromatic heterocycles. The molecule has 1 fully saturated rings. The lowest BCUT2D eigenvalue weighted by molar-refractivity contribution is -0.152. The van der Waals surface area contributed by atoms with Crippen LogP contribution in [0.5, 0.6) is 0 Å². The normalized spacial score (nSPS) is 24.6. The number of aliphatic carboxylic acids is 3. The first-order valence-electron chi connectivity index (χ1n) is 6.59. The molecule has 1 aliphatic rings. The molecule has 1 aliphatic carbocycles. The van der Waals surface area contributed by atoms with Gasteiger partial charge in [-0.25, -0.2) is 0 Å². The van der Waals surface area contributed by atoms with Crippen molar-refractivity contribution in [2.24, 2.45) is 17.8 Å². The molecule has 6 nitrogen and oxygen atoms in total. The van der Waals surface area contributed by atoms with Crippen molar-refractivity contribution in [2.75, 3.05) is 5.88 Å². The van der Waals surface area contributed by atoms with Gasteiger partial charge in [0.2, 0.25) is 0 Å². The Morgan fingerprint density at radius 2 is 1.40 bits per heavy atom. The van der Waals surface area contributed by atoms with Crippen molar-refractivity contribution in [3.8, 4) is 0 Å². The van der Waals surface area contributed by atoms with E-state index in [-0.39, 0.29) is 12.8 Å². The van der Waals surface area contributed by atoms with Crippen LogP contribution in [0.1, 0.15) is 39.0 Å². The summed E-state index contributed by atoms with van der Waals surface area (Å²) in [5, 5.41) is 26.0. The Bertz CT molecular complexity index is 318. The molecule has 0 spiro atoms. The van der Waals surface area contributed by atoms with Crippen LogP contribution in [0.25, 0.3) is 0 Å². The zero-order chi connectivity index (χ0) is 15.7. The highest BCUT2D eigenvalue weighted by atomic mass is 35.5. The van der Waals surface area contributed by atoms with Crippen LogP contribution in [0, 0.1) is 17.8 Å². The van der Waals surface area contributed by atoms with Crippen LogP contribution >= 0.6 is 11.6 Å². The number of carboxylic acids is 3. The van der Waals surface area contributed by atoms with Gasteiger partial charge < -0.3 is 15.3 Å². The van der Waals surface area contributed by atoms with E-state index in [1.165, 1.54) is 19.3 Å². The molecule has 0 aromatic rings. The molecule has 0 aliphatic heterocycles. The Morgan fingerprint density at radius 1 is 0.950 bits per heavy atom.